The maximum atomic E-state index is 12.0. The Bertz CT molecular complexity index is 372. The molecule has 0 aromatic heterocycles. The van der Waals surface area contributed by atoms with Crippen molar-refractivity contribution in [1.82, 2.24) is 4.90 Å². The molecule has 0 heterocycles. The molecule has 16 heavy (non-hydrogen) atoms. The van der Waals surface area contributed by atoms with Crippen molar-refractivity contribution in [3.63, 3.8) is 0 Å². The average Bonchev–Trinajstić information content (AvgIpc) is 2.13. The lowest BCUT2D eigenvalue weighted by Gasteiger charge is -2.18. The van der Waals surface area contributed by atoms with Gasteiger partial charge in [0.1, 0.15) is 0 Å². The fourth-order valence-corrected chi connectivity index (χ4v) is 2.36. The van der Waals surface area contributed by atoms with Gasteiger partial charge in [-0.25, -0.2) is 0 Å². The van der Waals surface area contributed by atoms with Crippen molar-refractivity contribution in [2.45, 2.75) is 19.2 Å². The minimum atomic E-state index is -0.0396. The Morgan fingerprint density at radius 1 is 1.50 bits per heavy atom. The summed E-state index contributed by atoms with van der Waals surface area (Å²) in [4.78, 5) is 13.7. The number of rotatable bonds is 3. The highest BCUT2D eigenvalue weighted by Crippen LogP contribution is 2.16. The van der Waals surface area contributed by atoms with Gasteiger partial charge in [0, 0.05) is 29.0 Å². The molecular weight excluding hydrogens is 289 g/mol. The van der Waals surface area contributed by atoms with Crippen LogP contribution in [0.3, 0.4) is 0 Å². The Labute approximate surface area is 110 Å². The van der Waals surface area contributed by atoms with Crippen LogP contribution in [-0.2, 0) is 0 Å². The summed E-state index contributed by atoms with van der Waals surface area (Å²) in [6.07, 6.45) is 0. The molecule has 1 unspecified atom stereocenters. The first-order valence-electron chi connectivity index (χ1n) is 5.07. The molecule has 0 aliphatic heterocycles. The van der Waals surface area contributed by atoms with E-state index in [1.54, 1.807) is 11.9 Å². The summed E-state index contributed by atoms with van der Waals surface area (Å²) in [5, 5.41) is -0.0396. The third-order valence-electron chi connectivity index (χ3n) is 2.16. The Morgan fingerprint density at radius 2 is 2.12 bits per heavy atom. The lowest BCUT2D eigenvalue weighted by molar-refractivity contribution is 0.0796. The summed E-state index contributed by atoms with van der Waals surface area (Å²) < 4.78 is 0.920. The van der Waals surface area contributed by atoms with Crippen molar-refractivity contribution in [1.29, 1.82) is 0 Å². The first kappa shape index (κ1) is 13.5. The lowest BCUT2D eigenvalue weighted by atomic mass is 10.1. The molecule has 0 fully saturated rings. The largest absolute Gasteiger partial charge is 0.340 e. The second-order valence-corrected chi connectivity index (χ2v) is 5.64. The first-order chi connectivity index (χ1) is 7.40. The van der Waals surface area contributed by atoms with Gasteiger partial charge >= 0.3 is 0 Å². The molecule has 0 aliphatic rings. The highest BCUT2D eigenvalue weighted by molar-refractivity contribution is 9.10. The van der Waals surface area contributed by atoms with Crippen LogP contribution >= 0.6 is 27.5 Å². The van der Waals surface area contributed by atoms with Gasteiger partial charge in [-0.3, -0.25) is 4.79 Å². The van der Waals surface area contributed by atoms with Gasteiger partial charge in [-0.2, -0.15) is 0 Å². The van der Waals surface area contributed by atoms with E-state index in [-0.39, 0.29) is 11.3 Å². The van der Waals surface area contributed by atoms with Gasteiger partial charge in [0.2, 0.25) is 0 Å². The molecule has 1 amide bonds. The summed E-state index contributed by atoms with van der Waals surface area (Å²) in [7, 11) is 1.76. The van der Waals surface area contributed by atoms with E-state index in [2.05, 4.69) is 15.9 Å². The van der Waals surface area contributed by atoms with E-state index in [1.807, 2.05) is 32.0 Å². The van der Waals surface area contributed by atoms with Crippen LogP contribution in [0.25, 0.3) is 0 Å². The molecule has 1 atom stereocenters. The topological polar surface area (TPSA) is 20.3 Å². The molecule has 0 bridgehead atoms. The standard InChI is InChI=1S/C12H15BrClNO/c1-8-4-10(6-11(13)5-8)12(16)15(3)7-9(2)14/h4-6,9H,7H2,1-3H3. The number of carbonyl (C=O) groups is 1. The number of nitrogens with zero attached hydrogens (tertiary/aromatic N) is 1. The number of hydrogen-bond acceptors (Lipinski definition) is 1. The number of benzene rings is 1. The summed E-state index contributed by atoms with van der Waals surface area (Å²) in [5.74, 6) is -0.00287. The number of hydrogen-bond donors (Lipinski definition) is 0. The van der Waals surface area contributed by atoms with Crippen LogP contribution in [0, 0.1) is 6.92 Å². The van der Waals surface area contributed by atoms with E-state index in [9.17, 15) is 4.79 Å². The highest BCUT2D eigenvalue weighted by Gasteiger charge is 2.13. The Morgan fingerprint density at radius 3 is 2.62 bits per heavy atom. The van der Waals surface area contributed by atoms with E-state index < -0.39 is 0 Å². The van der Waals surface area contributed by atoms with E-state index in [4.69, 9.17) is 11.6 Å². The zero-order valence-corrected chi connectivity index (χ0v) is 12.0. The normalized spacial score (nSPS) is 12.3. The molecular formula is C12H15BrClNO. The summed E-state index contributed by atoms with van der Waals surface area (Å²) in [6.45, 7) is 4.38. The lowest BCUT2D eigenvalue weighted by Crippen LogP contribution is -2.31. The average molecular weight is 305 g/mol. The molecule has 4 heteroatoms. The Kier molecular flexibility index (Phi) is 4.81. The van der Waals surface area contributed by atoms with Crippen LogP contribution in [0.15, 0.2) is 22.7 Å². The van der Waals surface area contributed by atoms with Crippen molar-refractivity contribution in [3.8, 4) is 0 Å². The summed E-state index contributed by atoms with van der Waals surface area (Å²) >= 11 is 9.25. The molecule has 2 nitrogen and oxygen atoms in total. The van der Waals surface area contributed by atoms with Crippen molar-refractivity contribution in [3.05, 3.63) is 33.8 Å². The van der Waals surface area contributed by atoms with Crippen LogP contribution in [0.2, 0.25) is 0 Å². The molecule has 0 saturated carbocycles. The van der Waals surface area contributed by atoms with E-state index >= 15 is 0 Å². The maximum Gasteiger partial charge on any atom is 0.253 e. The molecule has 1 aromatic rings. The fourth-order valence-electron chi connectivity index (χ4n) is 1.54. The number of halogens is 2. The predicted octanol–water partition coefficient (Wildman–Crippen LogP) is 3.46. The second kappa shape index (κ2) is 5.69. The maximum absolute atomic E-state index is 12.0. The van der Waals surface area contributed by atoms with Gasteiger partial charge in [0.25, 0.3) is 5.91 Å². The van der Waals surface area contributed by atoms with Crippen molar-refractivity contribution < 1.29 is 4.79 Å². The van der Waals surface area contributed by atoms with Crippen LogP contribution in [0.5, 0.6) is 0 Å². The van der Waals surface area contributed by atoms with Gasteiger partial charge in [0.05, 0.1) is 0 Å². The van der Waals surface area contributed by atoms with Gasteiger partial charge in [-0.1, -0.05) is 15.9 Å². The summed E-state index contributed by atoms with van der Waals surface area (Å²) in [5.41, 5.74) is 1.75. The van der Waals surface area contributed by atoms with Gasteiger partial charge in [-0.15, -0.1) is 11.6 Å². The van der Waals surface area contributed by atoms with E-state index in [0.717, 1.165) is 10.0 Å². The van der Waals surface area contributed by atoms with Crippen molar-refractivity contribution >= 4 is 33.4 Å². The van der Waals surface area contributed by atoms with Gasteiger partial charge in [0.15, 0.2) is 0 Å². The van der Waals surface area contributed by atoms with E-state index in [0.29, 0.717) is 12.1 Å². The minimum absolute atomic E-state index is 0.00287. The Balaban J connectivity index is 2.87. The van der Waals surface area contributed by atoms with Crippen LogP contribution < -0.4 is 0 Å². The predicted molar refractivity (Wildman–Crippen MR) is 71.2 cm³/mol. The second-order valence-electron chi connectivity index (χ2n) is 3.98. The summed E-state index contributed by atoms with van der Waals surface area (Å²) in [6, 6.07) is 5.67. The molecule has 0 saturated heterocycles. The molecule has 0 spiro atoms. The number of aryl methyl sites for hydroxylation is 1. The van der Waals surface area contributed by atoms with Gasteiger partial charge < -0.3 is 4.90 Å². The number of alkyl halides is 1. The first-order valence-corrected chi connectivity index (χ1v) is 6.30. The third-order valence-corrected chi connectivity index (χ3v) is 2.76. The molecule has 0 N–H and O–H groups in total. The third kappa shape index (κ3) is 3.80. The minimum Gasteiger partial charge on any atom is -0.340 e. The zero-order chi connectivity index (χ0) is 12.3. The van der Waals surface area contributed by atoms with E-state index in [1.165, 1.54) is 0 Å². The van der Waals surface area contributed by atoms with Crippen LogP contribution in [-0.4, -0.2) is 29.8 Å². The quantitative estimate of drug-likeness (QED) is 0.783. The molecule has 1 aromatic carbocycles. The molecule has 88 valence electrons. The van der Waals surface area contributed by atoms with Gasteiger partial charge in [-0.05, 0) is 37.6 Å². The van der Waals surface area contributed by atoms with Crippen molar-refractivity contribution in [2.75, 3.05) is 13.6 Å². The molecule has 0 aliphatic carbocycles. The fraction of sp³-hybridized carbons (Fsp3) is 0.417. The van der Waals surface area contributed by atoms with Crippen LogP contribution in [0.1, 0.15) is 22.8 Å². The SMILES string of the molecule is Cc1cc(Br)cc(C(=O)N(C)CC(C)Cl)c1. The molecule has 0 radical (unpaired) electrons. The highest BCUT2D eigenvalue weighted by atomic mass is 79.9. The van der Waals surface area contributed by atoms with Crippen molar-refractivity contribution in [2.24, 2.45) is 0 Å². The monoisotopic (exact) mass is 303 g/mol. The Hall–Kier alpha value is -0.540. The smallest absolute Gasteiger partial charge is 0.253 e. The number of amides is 1. The number of carbonyl (C=O) groups excluding carboxylic acids is 1. The van der Waals surface area contributed by atoms with Crippen LogP contribution in [0.4, 0.5) is 0 Å². The zero-order valence-electron chi connectivity index (χ0n) is 9.63. The molecule has 1 rings (SSSR count).